The molecule has 0 bridgehead atoms. The number of fused-ring (bicyclic) bond motifs is 4. The third-order valence-electron chi connectivity index (χ3n) is 8.21. The molecule has 6 rings (SSSR count). The Morgan fingerprint density at radius 2 is 1.57 bits per heavy atom. The van der Waals surface area contributed by atoms with Crippen LogP contribution in [0.1, 0.15) is 53.4 Å². The first-order valence-corrected chi connectivity index (χ1v) is 23.9. The number of hydrogen-bond donors (Lipinski definition) is 0. The summed E-state index contributed by atoms with van der Waals surface area (Å²) in [5.74, 6) is 0. The van der Waals surface area contributed by atoms with Crippen LogP contribution in [0.4, 0.5) is 0 Å². The fourth-order valence-electron chi connectivity index (χ4n) is 6.45. The van der Waals surface area contributed by atoms with E-state index in [9.17, 15) is 0 Å². The molecule has 0 amide bonds. The summed E-state index contributed by atoms with van der Waals surface area (Å²) in [6, 6.07) is 31.2. The number of halogens is 2. The molecule has 0 radical (unpaired) electrons. The predicted octanol–water partition coefficient (Wildman–Crippen LogP) is 7.43. The molecular weight excluding hydrogens is 587 g/mol. The van der Waals surface area contributed by atoms with Crippen LogP contribution in [0.15, 0.2) is 90.5 Å². The maximum atomic E-state index is 7.82. The number of allylic oxidation sites excluding steroid dienone is 1. The predicted molar refractivity (Wildman–Crippen MR) is 163 cm³/mol. The van der Waals surface area contributed by atoms with E-state index >= 15 is 0 Å². The van der Waals surface area contributed by atoms with E-state index in [0.717, 1.165) is 12.8 Å². The molecule has 4 aromatic carbocycles. The van der Waals surface area contributed by atoms with Crippen molar-refractivity contribution in [3.05, 3.63) is 107 Å². The van der Waals surface area contributed by atoms with Crippen molar-refractivity contribution < 1.29 is 17.9 Å². The molecule has 4 heteroatoms. The van der Waals surface area contributed by atoms with Crippen LogP contribution in [-0.2, 0) is 24.3 Å². The van der Waals surface area contributed by atoms with Gasteiger partial charge in [0.15, 0.2) is 0 Å². The third-order valence-corrected chi connectivity index (χ3v) is 22.6. The van der Waals surface area contributed by atoms with Gasteiger partial charge in [0.2, 0.25) is 0 Å². The van der Waals surface area contributed by atoms with Gasteiger partial charge in [-0.05, 0) is 0 Å². The van der Waals surface area contributed by atoms with Crippen LogP contribution < -0.4 is 13.6 Å². The van der Waals surface area contributed by atoms with Gasteiger partial charge in [0.25, 0.3) is 0 Å². The van der Waals surface area contributed by atoms with Crippen molar-refractivity contribution in [2.24, 2.45) is 0 Å². The fourth-order valence-corrected chi connectivity index (χ4v) is 23.3. The van der Waals surface area contributed by atoms with Gasteiger partial charge < -0.3 is 0 Å². The van der Waals surface area contributed by atoms with Gasteiger partial charge in [-0.2, -0.15) is 0 Å². The van der Waals surface area contributed by atoms with Gasteiger partial charge in [-0.25, -0.2) is 0 Å². The summed E-state index contributed by atoms with van der Waals surface area (Å²) in [7, 11) is 15.0. The Kier molecular flexibility index (Phi) is 7.23. The standard InChI is InChI=1S/C21H23.C12H9Si.2ClH.Zr/c1-3-5-9-16-14-19-13-12-17(4-2)21(20(19)15-16)18-10-7-6-8-11-18;1-3-7-11-9(5-1)10-6-2-4-8-12(10)13-11;;;/h6-8,10-15H,3-5,9H2,1-2H3;1-7H,13H2;2*1H;/q;;;;+2/p-2. The summed E-state index contributed by atoms with van der Waals surface area (Å²) in [6.07, 6.45) is 6.88. The Morgan fingerprint density at radius 3 is 2.35 bits per heavy atom. The Morgan fingerprint density at radius 1 is 0.811 bits per heavy atom. The molecule has 0 saturated carbocycles. The van der Waals surface area contributed by atoms with Gasteiger partial charge in [0.05, 0.1) is 0 Å². The average molecular weight is 619 g/mol. The molecule has 0 nitrogen and oxygen atoms in total. The van der Waals surface area contributed by atoms with E-state index in [1.807, 2.05) is 0 Å². The van der Waals surface area contributed by atoms with E-state index in [2.05, 4.69) is 105 Å². The molecule has 0 spiro atoms. The molecule has 1 heterocycles. The second kappa shape index (κ2) is 10.5. The number of unbranched alkanes of at least 4 members (excludes halogenated alkanes) is 1. The number of aryl methyl sites for hydroxylation is 1. The van der Waals surface area contributed by atoms with E-state index in [-0.39, 0.29) is 3.63 Å². The molecule has 0 fully saturated rings. The first kappa shape index (κ1) is 25.6. The minimum absolute atomic E-state index is 0.150. The molecule has 0 saturated heterocycles. The van der Waals surface area contributed by atoms with Crippen LogP contribution >= 0.6 is 17.0 Å². The SMILES string of the molecule is CCCCC1=Cc2c(ccc(CC)c2-c2ccccc2)[CH]1[Zr]([Cl])([Cl])[c]1cccc2c1[SiH2]c1ccccc1-2. The van der Waals surface area contributed by atoms with E-state index in [4.69, 9.17) is 17.0 Å². The zero-order valence-corrected chi connectivity index (χ0v) is 26.9. The van der Waals surface area contributed by atoms with Gasteiger partial charge in [-0.1, -0.05) is 0 Å². The van der Waals surface area contributed by atoms with Gasteiger partial charge in [0, 0.05) is 0 Å². The fraction of sp³-hybridized carbons (Fsp3) is 0.212. The molecule has 1 atom stereocenters. The first-order valence-electron chi connectivity index (χ1n) is 13.5. The molecule has 186 valence electrons. The van der Waals surface area contributed by atoms with Crippen molar-refractivity contribution in [3.8, 4) is 22.3 Å². The molecule has 37 heavy (non-hydrogen) atoms. The molecule has 1 aliphatic heterocycles. The summed E-state index contributed by atoms with van der Waals surface area (Å²) in [5.41, 5.74) is 11.0. The second-order valence-corrected chi connectivity index (χ2v) is 26.2. The molecule has 1 aliphatic carbocycles. The van der Waals surface area contributed by atoms with Crippen LogP contribution in [0.25, 0.3) is 28.3 Å². The summed E-state index contributed by atoms with van der Waals surface area (Å²) in [4.78, 5) is 0. The number of hydrogen-bond acceptors (Lipinski definition) is 0. The molecule has 0 N–H and O–H groups in total. The van der Waals surface area contributed by atoms with E-state index in [0.29, 0.717) is 0 Å². The van der Waals surface area contributed by atoms with E-state index in [1.165, 1.54) is 71.0 Å². The normalized spacial score (nSPS) is 16.4. The minimum atomic E-state index is -3.93. The van der Waals surface area contributed by atoms with Crippen LogP contribution in [0.3, 0.4) is 0 Å². The monoisotopic (exact) mass is 616 g/mol. The van der Waals surface area contributed by atoms with Gasteiger partial charge >= 0.3 is 237 Å². The topological polar surface area (TPSA) is 0 Å². The maximum absolute atomic E-state index is 7.82. The van der Waals surface area contributed by atoms with Gasteiger partial charge in [-0.3, -0.25) is 0 Å². The van der Waals surface area contributed by atoms with Gasteiger partial charge in [-0.15, -0.1) is 0 Å². The number of benzene rings is 4. The zero-order valence-electron chi connectivity index (χ0n) is 21.5. The first-order chi connectivity index (χ1) is 18.0. The Labute approximate surface area is 235 Å². The summed E-state index contributed by atoms with van der Waals surface area (Å²) >= 11 is -3.93. The van der Waals surface area contributed by atoms with Crippen molar-refractivity contribution in [2.45, 2.75) is 43.2 Å². The van der Waals surface area contributed by atoms with Gasteiger partial charge in [0.1, 0.15) is 0 Å². The Balaban J connectivity index is 1.53. The number of rotatable bonds is 7. The third kappa shape index (κ3) is 4.39. The van der Waals surface area contributed by atoms with Crippen LogP contribution in [0, 0.1) is 0 Å². The molecule has 1 unspecified atom stereocenters. The van der Waals surface area contributed by atoms with Crippen LogP contribution in [-0.4, -0.2) is 9.52 Å². The quantitative estimate of drug-likeness (QED) is 0.167. The second-order valence-electron chi connectivity index (χ2n) is 10.4. The van der Waals surface area contributed by atoms with E-state index in [1.54, 1.807) is 0 Å². The van der Waals surface area contributed by atoms with Crippen molar-refractivity contribution in [3.63, 3.8) is 0 Å². The molecule has 2 aliphatic rings. The Hall–Kier alpha value is -1.70. The average Bonchev–Trinajstić information content (AvgIpc) is 3.50. The Bertz CT molecular complexity index is 1510. The summed E-state index contributed by atoms with van der Waals surface area (Å²) in [6.45, 7) is 4.53. The molecule has 0 aromatic heterocycles. The summed E-state index contributed by atoms with van der Waals surface area (Å²) < 4.78 is 1.47. The van der Waals surface area contributed by atoms with Crippen molar-refractivity contribution in [1.29, 1.82) is 0 Å². The molecule has 4 aromatic rings. The summed E-state index contributed by atoms with van der Waals surface area (Å²) in [5, 5.41) is 3.02. The van der Waals surface area contributed by atoms with Crippen molar-refractivity contribution in [1.82, 2.24) is 0 Å². The van der Waals surface area contributed by atoms with Crippen LogP contribution in [0.5, 0.6) is 0 Å². The van der Waals surface area contributed by atoms with Crippen molar-refractivity contribution in [2.75, 3.05) is 0 Å². The molecular formula is C33H32Cl2SiZr. The van der Waals surface area contributed by atoms with E-state index < -0.39 is 27.4 Å². The van der Waals surface area contributed by atoms with Crippen molar-refractivity contribution >= 4 is 46.3 Å². The zero-order chi connectivity index (χ0) is 25.6. The van der Waals surface area contributed by atoms with Crippen LogP contribution in [0.2, 0.25) is 0 Å².